The van der Waals surface area contributed by atoms with Crippen LogP contribution in [-0.4, -0.2) is 58.2 Å². The molecule has 0 aliphatic rings. The van der Waals surface area contributed by atoms with Crippen molar-refractivity contribution in [2.24, 2.45) is 0 Å². The summed E-state index contributed by atoms with van der Waals surface area (Å²) in [4.78, 5) is 11.8. The molecular weight excluding hydrogens is 360 g/mol. The van der Waals surface area contributed by atoms with Crippen LogP contribution in [0.5, 0.6) is 11.5 Å². The summed E-state index contributed by atoms with van der Waals surface area (Å²) in [5, 5.41) is 2.61. The van der Waals surface area contributed by atoms with Crippen molar-refractivity contribution in [1.29, 1.82) is 0 Å². The summed E-state index contributed by atoms with van der Waals surface area (Å²) in [6, 6.07) is 10.1. The van der Waals surface area contributed by atoms with Crippen LogP contribution < -0.4 is 14.8 Å². The highest BCUT2D eigenvalue weighted by molar-refractivity contribution is 7.88. The van der Waals surface area contributed by atoms with Gasteiger partial charge in [-0.25, -0.2) is 8.42 Å². The van der Waals surface area contributed by atoms with Gasteiger partial charge >= 0.3 is 0 Å². The molecule has 0 bridgehead atoms. The Hall–Kier alpha value is -2.52. The summed E-state index contributed by atoms with van der Waals surface area (Å²) in [6.07, 6.45) is 2.52. The van der Waals surface area contributed by atoms with Crippen molar-refractivity contribution < 1.29 is 27.1 Å². The first kappa shape index (κ1) is 19.8. The van der Waals surface area contributed by atoms with Crippen LogP contribution >= 0.6 is 0 Å². The van der Waals surface area contributed by atoms with Gasteiger partial charge in [-0.3, -0.25) is 4.79 Å². The molecular formula is C17H22N2O6S. The molecule has 1 aromatic carbocycles. The minimum absolute atomic E-state index is 0.136. The lowest BCUT2D eigenvalue weighted by molar-refractivity contribution is 0.0923. The van der Waals surface area contributed by atoms with Crippen LogP contribution in [0.25, 0.3) is 0 Å². The Morgan fingerprint density at radius 2 is 1.85 bits per heavy atom. The average Bonchev–Trinajstić information content (AvgIpc) is 3.14. The second-order valence-electron chi connectivity index (χ2n) is 5.42. The normalized spacial score (nSPS) is 11.3. The van der Waals surface area contributed by atoms with Crippen LogP contribution in [0.1, 0.15) is 10.6 Å². The van der Waals surface area contributed by atoms with Crippen LogP contribution in [0.15, 0.2) is 47.1 Å². The fourth-order valence-electron chi connectivity index (χ4n) is 2.17. The molecule has 0 radical (unpaired) electrons. The Balaban J connectivity index is 1.80. The third-order valence-electron chi connectivity index (χ3n) is 3.53. The summed E-state index contributed by atoms with van der Waals surface area (Å²) in [5.41, 5.74) is 0. The molecule has 0 saturated heterocycles. The Morgan fingerprint density at radius 3 is 2.42 bits per heavy atom. The number of furan rings is 1. The van der Waals surface area contributed by atoms with Crippen molar-refractivity contribution in [3.63, 3.8) is 0 Å². The number of carbonyl (C=O) groups is 1. The standard InChI is InChI=1S/C17H22N2O6S/c1-23-14-5-7-15(8-6-14)24-13-11-19(26(2,21)22)10-9-18-17(20)16-4-3-12-25-16/h3-8,12H,9-11,13H2,1-2H3,(H,18,20). The van der Waals surface area contributed by atoms with Crippen molar-refractivity contribution in [1.82, 2.24) is 9.62 Å². The van der Waals surface area contributed by atoms with Crippen LogP contribution in [0.3, 0.4) is 0 Å². The van der Waals surface area contributed by atoms with E-state index in [4.69, 9.17) is 13.9 Å². The van der Waals surface area contributed by atoms with Crippen molar-refractivity contribution in [3.8, 4) is 11.5 Å². The molecule has 0 fully saturated rings. The summed E-state index contributed by atoms with van der Waals surface area (Å²) in [5.74, 6) is 1.12. The zero-order valence-corrected chi connectivity index (χ0v) is 15.5. The first-order valence-corrected chi connectivity index (χ1v) is 9.78. The SMILES string of the molecule is COc1ccc(OCCN(CCNC(=O)c2ccco2)S(C)(=O)=O)cc1. The van der Waals surface area contributed by atoms with E-state index in [-0.39, 0.29) is 32.0 Å². The number of sulfonamides is 1. The minimum Gasteiger partial charge on any atom is -0.497 e. The van der Waals surface area contributed by atoms with Gasteiger partial charge in [0.25, 0.3) is 5.91 Å². The molecule has 1 N–H and O–H groups in total. The molecule has 0 aliphatic heterocycles. The Bertz CT molecular complexity index is 787. The summed E-state index contributed by atoms with van der Waals surface area (Å²) < 4.78 is 40.6. The van der Waals surface area contributed by atoms with E-state index in [0.717, 1.165) is 6.26 Å². The molecule has 9 heteroatoms. The van der Waals surface area contributed by atoms with Crippen LogP contribution in [-0.2, 0) is 10.0 Å². The predicted octanol–water partition coefficient (Wildman–Crippen LogP) is 1.36. The molecule has 0 unspecified atom stereocenters. The topological polar surface area (TPSA) is 98.1 Å². The average molecular weight is 382 g/mol. The number of nitrogens with one attached hydrogen (secondary N) is 1. The fraction of sp³-hybridized carbons (Fsp3) is 0.353. The monoisotopic (exact) mass is 382 g/mol. The molecule has 8 nitrogen and oxygen atoms in total. The van der Waals surface area contributed by atoms with Crippen LogP contribution in [0.4, 0.5) is 0 Å². The maximum atomic E-state index is 11.9. The first-order valence-electron chi connectivity index (χ1n) is 7.94. The van der Waals surface area contributed by atoms with Gasteiger partial charge in [0.2, 0.25) is 10.0 Å². The van der Waals surface area contributed by atoms with Gasteiger partial charge in [-0.1, -0.05) is 0 Å². The van der Waals surface area contributed by atoms with E-state index in [2.05, 4.69) is 5.32 Å². The lowest BCUT2D eigenvalue weighted by atomic mass is 10.3. The highest BCUT2D eigenvalue weighted by Crippen LogP contribution is 2.16. The molecule has 142 valence electrons. The predicted molar refractivity (Wildman–Crippen MR) is 95.9 cm³/mol. The van der Waals surface area contributed by atoms with Gasteiger partial charge in [0, 0.05) is 19.6 Å². The molecule has 0 spiro atoms. The highest BCUT2D eigenvalue weighted by Gasteiger charge is 2.17. The first-order chi connectivity index (χ1) is 12.4. The fourth-order valence-corrected chi connectivity index (χ4v) is 3.00. The number of carbonyl (C=O) groups excluding carboxylic acids is 1. The van der Waals surface area contributed by atoms with Crippen molar-refractivity contribution >= 4 is 15.9 Å². The maximum absolute atomic E-state index is 11.9. The van der Waals surface area contributed by atoms with Gasteiger partial charge < -0.3 is 19.2 Å². The van der Waals surface area contributed by atoms with Gasteiger partial charge in [-0.2, -0.15) is 4.31 Å². The number of amides is 1. The zero-order valence-electron chi connectivity index (χ0n) is 14.7. The van der Waals surface area contributed by atoms with E-state index >= 15 is 0 Å². The van der Waals surface area contributed by atoms with Gasteiger partial charge in [0.1, 0.15) is 18.1 Å². The van der Waals surface area contributed by atoms with Crippen LogP contribution in [0, 0.1) is 0 Å². The summed E-state index contributed by atoms with van der Waals surface area (Å²) in [6.45, 7) is 0.652. The molecule has 1 amide bonds. The lowest BCUT2D eigenvalue weighted by Gasteiger charge is -2.20. The second-order valence-corrected chi connectivity index (χ2v) is 7.40. The highest BCUT2D eigenvalue weighted by atomic mass is 32.2. The molecule has 0 saturated carbocycles. The number of rotatable bonds is 10. The molecule has 0 aliphatic carbocycles. The quantitative estimate of drug-likeness (QED) is 0.666. The Labute approximate surface area is 152 Å². The van der Waals surface area contributed by atoms with E-state index in [9.17, 15) is 13.2 Å². The number of nitrogens with zero attached hydrogens (tertiary/aromatic N) is 1. The number of benzene rings is 1. The summed E-state index contributed by atoms with van der Waals surface area (Å²) in [7, 11) is -1.85. The van der Waals surface area contributed by atoms with Gasteiger partial charge in [-0.05, 0) is 36.4 Å². The van der Waals surface area contributed by atoms with E-state index < -0.39 is 15.9 Å². The smallest absolute Gasteiger partial charge is 0.287 e. The van der Waals surface area contributed by atoms with E-state index in [1.54, 1.807) is 37.4 Å². The largest absolute Gasteiger partial charge is 0.497 e. The van der Waals surface area contributed by atoms with Gasteiger partial charge in [0.15, 0.2) is 5.76 Å². The van der Waals surface area contributed by atoms with Crippen molar-refractivity contribution in [3.05, 3.63) is 48.4 Å². The number of ether oxygens (including phenoxy) is 2. The Morgan fingerprint density at radius 1 is 1.15 bits per heavy atom. The van der Waals surface area contributed by atoms with E-state index in [1.807, 2.05) is 0 Å². The second kappa shape index (κ2) is 9.25. The third-order valence-corrected chi connectivity index (χ3v) is 4.83. The summed E-state index contributed by atoms with van der Waals surface area (Å²) >= 11 is 0. The van der Waals surface area contributed by atoms with E-state index in [1.165, 1.54) is 16.6 Å². The third kappa shape index (κ3) is 6.08. The molecule has 1 aromatic heterocycles. The van der Waals surface area contributed by atoms with E-state index in [0.29, 0.717) is 11.5 Å². The van der Waals surface area contributed by atoms with Gasteiger partial charge in [-0.15, -0.1) is 0 Å². The van der Waals surface area contributed by atoms with Crippen LogP contribution in [0.2, 0.25) is 0 Å². The molecule has 26 heavy (non-hydrogen) atoms. The maximum Gasteiger partial charge on any atom is 0.287 e. The van der Waals surface area contributed by atoms with Gasteiger partial charge in [0.05, 0.1) is 19.6 Å². The number of hydrogen-bond acceptors (Lipinski definition) is 6. The molecule has 0 atom stereocenters. The molecule has 1 heterocycles. The Kier molecular flexibility index (Phi) is 7.05. The minimum atomic E-state index is -3.42. The molecule has 2 rings (SSSR count). The lowest BCUT2D eigenvalue weighted by Crippen LogP contribution is -2.40. The number of methoxy groups -OCH3 is 1. The number of hydrogen-bond donors (Lipinski definition) is 1. The molecule has 2 aromatic rings. The van der Waals surface area contributed by atoms with Crippen molar-refractivity contribution in [2.75, 3.05) is 39.6 Å². The zero-order chi connectivity index (χ0) is 19.0. The van der Waals surface area contributed by atoms with Crippen molar-refractivity contribution in [2.45, 2.75) is 0 Å².